The predicted octanol–water partition coefficient (Wildman–Crippen LogP) is 2.20. The molecule has 134 valence electrons. The number of nitrogens with zero attached hydrogens (tertiary/aromatic N) is 3. The molecule has 1 fully saturated rings. The van der Waals surface area contributed by atoms with Gasteiger partial charge in [0.1, 0.15) is 0 Å². The average Bonchev–Trinajstić information content (AvgIpc) is 3.08. The van der Waals surface area contributed by atoms with Crippen molar-refractivity contribution in [2.24, 2.45) is 0 Å². The predicted molar refractivity (Wildman–Crippen MR) is 82.1 cm³/mol. The van der Waals surface area contributed by atoms with Crippen LogP contribution in [0.15, 0.2) is 24.4 Å². The van der Waals surface area contributed by atoms with E-state index in [0.29, 0.717) is 0 Å². The summed E-state index contributed by atoms with van der Waals surface area (Å²) in [5, 5.41) is 13.5. The monoisotopic (exact) mass is 355 g/mol. The van der Waals surface area contributed by atoms with Gasteiger partial charge in [0.05, 0.1) is 12.2 Å². The van der Waals surface area contributed by atoms with Crippen LogP contribution in [0.4, 0.5) is 18.9 Å². The number of nitrogens with one attached hydrogen (secondary N) is 2. The van der Waals surface area contributed by atoms with E-state index in [-0.39, 0.29) is 17.4 Å². The maximum absolute atomic E-state index is 13.7. The van der Waals surface area contributed by atoms with Gasteiger partial charge in [0.15, 0.2) is 17.3 Å². The molecule has 1 aliphatic heterocycles. The number of ether oxygens (including phenoxy) is 1. The van der Waals surface area contributed by atoms with E-state index < -0.39 is 24.1 Å². The number of piperidine rings is 1. The van der Waals surface area contributed by atoms with Gasteiger partial charge >= 0.3 is 6.61 Å². The van der Waals surface area contributed by atoms with Crippen molar-refractivity contribution in [3.63, 3.8) is 0 Å². The first-order chi connectivity index (χ1) is 12.0. The highest BCUT2D eigenvalue weighted by Crippen LogP contribution is 2.23. The number of carbonyl (C=O) groups is 1. The molecular formula is C15H16F3N5O2. The lowest BCUT2D eigenvalue weighted by atomic mass is 10.1. The molecule has 0 bridgehead atoms. The molecule has 25 heavy (non-hydrogen) atoms. The van der Waals surface area contributed by atoms with Crippen molar-refractivity contribution in [2.45, 2.75) is 25.5 Å². The summed E-state index contributed by atoms with van der Waals surface area (Å²) >= 11 is 0. The first-order valence-electron chi connectivity index (χ1n) is 7.71. The van der Waals surface area contributed by atoms with Crippen LogP contribution >= 0.6 is 0 Å². The summed E-state index contributed by atoms with van der Waals surface area (Å²) in [5.41, 5.74) is 0.187. The molecule has 1 aromatic heterocycles. The second kappa shape index (κ2) is 7.51. The van der Waals surface area contributed by atoms with Crippen molar-refractivity contribution >= 4 is 11.6 Å². The van der Waals surface area contributed by atoms with Crippen LogP contribution in [0.1, 0.15) is 29.4 Å². The molecular weight excluding hydrogens is 339 g/mol. The fourth-order valence-electron chi connectivity index (χ4n) is 2.60. The molecule has 10 heteroatoms. The Hall–Kier alpha value is -2.62. The quantitative estimate of drug-likeness (QED) is 0.859. The highest BCUT2D eigenvalue weighted by Gasteiger charge is 2.19. The van der Waals surface area contributed by atoms with Crippen LogP contribution < -0.4 is 15.4 Å². The molecule has 2 aromatic rings. The number of amides is 1. The summed E-state index contributed by atoms with van der Waals surface area (Å²) in [4.78, 5) is 12.2. The standard InChI is InChI=1S/C15H16F3N5O2/c16-11-7-9(1-2-13(11)25-15(17)18)20-14(24)12-8-23(22-21-12)10-3-5-19-6-4-10/h1-2,7-8,10,15,19H,3-6H2,(H,20,24). The number of hydrogen-bond acceptors (Lipinski definition) is 5. The first kappa shape index (κ1) is 17.2. The minimum atomic E-state index is -3.13. The van der Waals surface area contributed by atoms with Gasteiger partial charge in [-0.1, -0.05) is 5.21 Å². The van der Waals surface area contributed by atoms with Crippen molar-refractivity contribution in [2.75, 3.05) is 18.4 Å². The van der Waals surface area contributed by atoms with Crippen LogP contribution in [-0.2, 0) is 0 Å². The zero-order valence-corrected chi connectivity index (χ0v) is 13.1. The minimum absolute atomic E-state index is 0.0897. The smallest absolute Gasteiger partial charge is 0.387 e. The maximum Gasteiger partial charge on any atom is 0.387 e. The van der Waals surface area contributed by atoms with E-state index in [1.165, 1.54) is 12.3 Å². The van der Waals surface area contributed by atoms with Gasteiger partial charge in [0.25, 0.3) is 5.91 Å². The molecule has 0 unspecified atom stereocenters. The summed E-state index contributed by atoms with van der Waals surface area (Å²) in [7, 11) is 0. The Morgan fingerprint density at radius 2 is 2.12 bits per heavy atom. The zero-order chi connectivity index (χ0) is 17.8. The van der Waals surface area contributed by atoms with E-state index >= 15 is 0 Å². The van der Waals surface area contributed by atoms with E-state index in [1.54, 1.807) is 4.68 Å². The van der Waals surface area contributed by atoms with Gasteiger partial charge in [0.2, 0.25) is 0 Å². The third kappa shape index (κ3) is 4.27. The Balaban J connectivity index is 1.66. The summed E-state index contributed by atoms with van der Waals surface area (Å²) < 4.78 is 43.5. The normalized spacial score (nSPS) is 15.4. The lowest BCUT2D eigenvalue weighted by Crippen LogP contribution is -2.29. The van der Waals surface area contributed by atoms with Crippen molar-refractivity contribution in [1.29, 1.82) is 0 Å². The molecule has 1 saturated heterocycles. The maximum atomic E-state index is 13.7. The molecule has 0 atom stereocenters. The van der Waals surface area contributed by atoms with Crippen LogP contribution in [0.25, 0.3) is 0 Å². The van der Waals surface area contributed by atoms with E-state index in [1.807, 2.05) is 0 Å². The second-order valence-corrected chi connectivity index (χ2v) is 5.54. The van der Waals surface area contributed by atoms with Gasteiger partial charge in [-0.2, -0.15) is 8.78 Å². The van der Waals surface area contributed by atoms with E-state index in [0.717, 1.165) is 38.1 Å². The Labute approximate surface area is 141 Å². The van der Waals surface area contributed by atoms with Crippen molar-refractivity contribution < 1.29 is 22.7 Å². The zero-order valence-electron chi connectivity index (χ0n) is 13.1. The van der Waals surface area contributed by atoms with Gasteiger partial charge in [0, 0.05) is 11.8 Å². The summed E-state index contributed by atoms with van der Waals surface area (Å²) in [5.74, 6) is -2.16. The van der Waals surface area contributed by atoms with Gasteiger partial charge in [-0.25, -0.2) is 9.07 Å². The number of halogens is 3. The topological polar surface area (TPSA) is 81.1 Å². The molecule has 3 rings (SSSR count). The number of aromatic nitrogens is 3. The molecule has 0 aliphatic carbocycles. The number of rotatable bonds is 5. The van der Waals surface area contributed by atoms with E-state index in [2.05, 4.69) is 25.7 Å². The Kier molecular flexibility index (Phi) is 5.17. The fraction of sp³-hybridized carbons (Fsp3) is 0.400. The van der Waals surface area contributed by atoms with Crippen molar-refractivity contribution in [1.82, 2.24) is 20.3 Å². The number of alkyl halides is 2. The fourth-order valence-corrected chi connectivity index (χ4v) is 2.60. The molecule has 1 amide bonds. The molecule has 0 radical (unpaired) electrons. The number of hydrogen-bond donors (Lipinski definition) is 2. The SMILES string of the molecule is O=C(Nc1ccc(OC(F)F)c(F)c1)c1cn(C2CCNCC2)nn1. The average molecular weight is 355 g/mol. The third-order valence-corrected chi connectivity index (χ3v) is 3.83. The second-order valence-electron chi connectivity index (χ2n) is 5.54. The first-order valence-corrected chi connectivity index (χ1v) is 7.71. The minimum Gasteiger partial charge on any atom is -0.432 e. The van der Waals surface area contributed by atoms with E-state index in [9.17, 15) is 18.0 Å². The van der Waals surface area contributed by atoms with Gasteiger partial charge in [-0.15, -0.1) is 5.10 Å². The lowest BCUT2D eigenvalue weighted by molar-refractivity contribution is -0.0521. The number of carbonyl (C=O) groups excluding carboxylic acids is 1. The van der Waals surface area contributed by atoms with E-state index in [4.69, 9.17) is 0 Å². The number of anilines is 1. The molecule has 2 heterocycles. The molecule has 1 aliphatic rings. The highest BCUT2D eigenvalue weighted by atomic mass is 19.3. The highest BCUT2D eigenvalue weighted by molar-refractivity contribution is 6.02. The van der Waals surface area contributed by atoms with Crippen LogP contribution in [0.5, 0.6) is 5.75 Å². The van der Waals surface area contributed by atoms with Crippen molar-refractivity contribution in [3.05, 3.63) is 35.9 Å². The Morgan fingerprint density at radius 3 is 2.80 bits per heavy atom. The number of benzene rings is 1. The van der Waals surface area contributed by atoms with Crippen LogP contribution in [0.3, 0.4) is 0 Å². The largest absolute Gasteiger partial charge is 0.432 e. The molecule has 0 saturated carbocycles. The molecule has 2 N–H and O–H groups in total. The van der Waals surface area contributed by atoms with Crippen LogP contribution in [-0.4, -0.2) is 40.6 Å². The summed E-state index contributed by atoms with van der Waals surface area (Å²) in [6, 6.07) is 3.35. The van der Waals surface area contributed by atoms with Gasteiger partial charge in [-0.3, -0.25) is 4.79 Å². The third-order valence-electron chi connectivity index (χ3n) is 3.83. The van der Waals surface area contributed by atoms with Crippen molar-refractivity contribution in [3.8, 4) is 5.75 Å². The summed E-state index contributed by atoms with van der Waals surface area (Å²) in [6.07, 6.45) is 3.32. The molecule has 0 spiro atoms. The Morgan fingerprint density at radius 1 is 1.36 bits per heavy atom. The molecule has 7 nitrogen and oxygen atoms in total. The van der Waals surface area contributed by atoms with Crippen LogP contribution in [0, 0.1) is 5.82 Å². The van der Waals surface area contributed by atoms with Gasteiger partial charge in [-0.05, 0) is 38.1 Å². The summed E-state index contributed by atoms with van der Waals surface area (Å²) in [6.45, 7) is -1.38. The Bertz CT molecular complexity index is 747. The van der Waals surface area contributed by atoms with Crippen LogP contribution in [0.2, 0.25) is 0 Å². The van der Waals surface area contributed by atoms with Gasteiger partial charge < -0.3 is 15.4 Å². The lowest BCUT2D eigenvalue weighted by Gasteiger charge is -2.22. The molecule has 1 aromatic carbocycles.